The van der Waals surface area contributed by atoms with Gasteiger partial charge in [-0.3, -0.25) is 34.6 Å². The van der Waals surface area contributed by atoms with E-state index in [1.54, 1.807) is 0 Å². The Morgan fingerprint density at radius 3 is 2.39 bits per heavy atom. The fourth-order valence-corrected chi connectivity index (χ4v) is 12.6. The Bertz CT molecular complexity index is 3310. The Labute approximate surface area is 448 Å². The maximum atomic E-state index is 14.0. The molecule has 15 nitrogen and oxygen atoms in total. The highest BCUT2D eigenvalue weighted by Gasteiger charge is 2.34. The third-order valence-electron chi connectivity index (χ3n) is 15.7. The van der Waals surface area contributed by atoms with Crippen molar-refractivity contribution in [3.05, 3.63) is 125 Å². The van der Waals surface area contributed by atoms with Crippen LogP contribution in [0.5, 0.6) is 5.75 Å². The van der Waals surface area contributed by atoms with Crippen LogP contribution in [0.15, 0.2) is 91.0 Å². The predicted molar refractivity (Wildman–Crippen MR) is 298 cm³/mol. The maximum absolute atomic E-state index is 14.0. The number of carbonyl (C=O) groups is 4. The molecule has 1 atom stereocenters. The van der Waals surface area contributed by atoms with Gasteiger partial charge in [-0.25, -0.2) is 14.8 Å². The van der Waals surface area contributed by atoms with Gasteiger partial charge in [-0.2, -0.15) is 5.10 Å². The number of amides is 3. The highest BCUT2D eigenvalue weighted by atomic mass is 32.1. The zero-order chi connectivity index (χ0) is 52.7. The molecule has 1 unspecified atom stereocenters. The molecule has 7 aromatic rings. The van der Waals surface area contributed by atoms with Crippen molar-refractivity contribution in [3.63, 3.8) is 0 Å². The quantitative estimate of drug-likeness (QED) is 0.0831. The molecular formula is C60H67N9O6S. The number of nitrogens with one attached hydrogen (secondary N) is 2. The van der Waals surface area contributed by atoms with Gasteiger partial charge in [-0.15, -0.1) is 0 Å². The molecule has 4 aromatic carbocycles. The van der Waals surface area contributed by atoms with Crippen molar-refractivity contribution in [3.8, 4) is 16.9 Å². The number of aryl methyl sites for hydroxylation is 2. The number of ether oxygens (including phenoxy) is 2. The largest absolute Gasteiger partial charge is 0.490 e. The van der Waals surface area contributed by atoms with Gasteiger partial charge < -0.3 is 19.3 Å². The van der Waals surface area contributed by atoms with E-state index in [4.69, 9.17) is 19.6 Å². The summed E-state index contributed by atoms with van der Waals surface area (Å²) in [6, 6.07) is 30.1. The van der Waals surface area contributed by atoms with E-state index in [-0.39, 0.29) is 29.5 Å². The smallest absolute Gasteiger partial charge is 0.358 e. The molecule has 2 saturated heterocycles. The van der Waals surface area contributed by atoms with Crippen LogP contribution < -0.4 is 25.2 Å². The molecule has 3 aromatic heterocycles. The monoisotopic (exact) mass is 1040 g/mol. The van der Waals surface area contributed by atoms with E-state index in [2.05, 4.69) is 61.5 Å². The number of imide groups is 1. The van der Waals surface area contributed by atoms with Crippen molar-refractivity contribution in [2.24, 2.45) is 13.0 Å². The first-order chi connectivity index (χ1) is 36.7. The van der Waals surface area contributed by atoms with Gasteiger partial charge in [0.2, 0.25) is 11.8 Å². The zero-order valence-electron chi connectivity index (χ0n) is 44.2. The van der Waals surface area contributed by atoms with Gasteiger partial charge in [0.1, 0.15) is 17.2 Å². The summed E-state index contributed by atoms with van der Waals surface area (Å²) in [5.41, 5.74) is 8.53. The number of thiazole rings is 1. The summed E-state index contributed by atoms with van der Waals surface area (Å²) in [5, 5.41) is 11.9. The summed E-state index contributed by atoms with van der Waals surface area (Å²) in [5.74, 6) is 0.593. The standard InChI is InChI=1S/C60H67N9O6S/c1-37-35-41(74-40-20-18-38(19-21-40)11-10-29-67-31-33-68(34-32-67)49-16-9-14-45-53(65-66(5)55(45)49)46-25-27-52(70)63-57(46)72)22-23-42(37)43-24-26-51(62-54(43)58(73)75-60(2,3)4)69-30-28-39-12-8-13-44(47(39)36-69)56(71)64-59-61-48-15-6-7-17-50(48)76-59/h6-9,12-17,22-24,26,35,38,40,46H,10-11,18-21,25,27-34,36H2,1-5H3,(H,61,64,71)(H,63,70,72)/t38-,40-,46?. The van der Waals surface area contributed by atoms with Crippen molar-refractivity contribution in [1.29, 1.82) is 0 Å². The Kier molecular flexibility index (Phi) is 14.4. The molecule has 3 amide bonds. The average molecular weight is 1040 g/mol. The first kappa shape index (κ1) is 51.0. The average Bonchev–Trinajstić information content (AvgIpc) is 4.02. The van der Waals surface area contributed by atoms with Crippen molar-refractivity contribution in [1.82, 2.24) is 30.0 Å². The molecule has 3 fully saturated rings. The summed E-state index contributed by atoms with van der Waals surface area (Å²) < 4.78 is 15.5. The molecule has 394 valence electrons. The summed E-state index contributed by atoms with van der Waals surface area (Å²) in [6.45, 7) is 13.7. The minimum atomic E-state index is -0.724. The van der Waals surface area contributed by atoms with Crippen LogP contribution in [0.3, 0.4) is 0 Å². The van der Waals surface area contributed by atoms with Gasteiger partial charge in [0.25, 0.3) is 5.91 Å². The number of para-hydroxylation sites is 2. The Morgan fingerprint density at radius 2 is 1.62 bits per heavy atom. The van der Waals surface area contributed by atoms with E-state index in [0.29, 0.717) is 53.9 Å². The Hall–Kier alpha value is -7.17. The third-order valence-corrected chi connectivity index (χ3v) is 16.6. The highest BCUT2D eigenvalue weighted by molar-refractivity contribution is 7.22. The number of anilines is 3. The fraction of sp³-hybridized carbons (Fsp3) is 0.417. The van der Waals surface area contributed by atoms with Gasteiger partial charge in [0, 0.05) is 69.3 Å². The number of hydrogen-bond acceptors (Lipinski definition) is 13. The molecule has 0 bridgehead atoms. The van der Waals surface area contributed by atoms with Crippen LogP contribution >= 0.6 is 11.3 Å². The van der Waals surface area contributed by atoms with Crippen LogP contribution in [0.1, 0.15) is 121 Å². The van der Waals surface area contributed by atoms with Gasteiger partial charge >= 0.3 is 5.97 Å². The second kappa shape index (κ2) is 21.5. The lowest BCUT2D eigenvalue weighted by Gasteiger charge is -2.37. The van der Waals surface area contributed by atoms with Crippen molar-refractivity contribution >= 4 is 72.8 Å². The van der Waals surface area contributed by atoms with Gasteiger partial charge in [0.15, 0.2) is 10.8 Å². The normalized spacial score (nSPS) is 19.4. The number of fused-ring (bicyclic) bond motifs is 3. The summed E-state index contributed by atoms with van der Waals surface area (Å²) in [7, 11) is 1.95. The number of piperazine rings is 1. The van der Waals surface area contributed by atoms with Crippen LogP contribution in [0.4, 0.5) is 16.6 Å². The number of hydrogen-bond donors (Lipinski definition) is 2. The minimum absolute atomic E-state index is 0.158. The van der Waals surface area contributed by atoms with Crippen molar-refractivity contribution < 1.29 is 28.7 Å². The molecule has 76 heavy (non-hydrogen) atoms. The molecule has 16 heteroatoms. The summed E-state index contributed by atoms with van der Waals surface area (Å²) >= 11 is 1.45. The Morgan fingerprint density at radius 1 is 0.829 bits per heavy atom. The molecule has 2 N–H and O–H groups in total. The van der Waals surface area contributed by atoms with Gasteiger partial charge in [-0.1, -0.05) is 53.8 Å². The van der Waals surface area contributed by atoms with E-state index in [0.717, 1.165) is 125 Å². The number of esters is 1. The molecule has 0 radical (unpaired) electrons. The first-order valence-electron chi connectivity index (χ1n) is 27.0. The molecule has 1 aliphatic carbocycles. The van der Waals surface area contributed by atoms with Crippen LogP contribution in [0.2, 0.25) is 0 Å². The lowest BCUT2D eigenvalue weighted by Crippen LogP contribution is -2.46. The van der Waals surface area contributed by atoms with E-state index < -0.39 is 17.5 Å². The molecule has 1 saturated carbocycles. The van der Waals surface area contributed by atoms with Gasteiger partial charge in [-0.05, 0) is 162 Å². The number of aromatic nitrogens is 4. The maximum Gasteiger partial charge on any atom is 0.358 e. The number of rotatable bonds is 13. The number of carbonyl (C=O) groups excluding carboxylic acids is 4. The summed E-state index contributed by atoms with van der Waals surface area (Å²) in [6.07, 6.45) is 8.47. The number of piperidine rings is 1. The van der Waals surface area contributed by atoms with Crippen molar-refractivity contribution in [2.75, 3.05) is 54.4 Å². The second-order valence-corrected chi connectivity index (χ2v) is 23.0. The van der Waals surface area contributed by atoms with Crippen LogP contribution in [-0.2, 0) is 34.3 Å². The number of nitrogens with zero attached hydrogens (tertiary/aromatic N) is 7. The lowest BCUT2D eigenvalue weighted by atomic mass is 9.84. The Balaban J connectivity index is 0.683. The van der Waals surface area contributed by atoms with Crippen LogP contribution in [0, 0.1) is 12.8 Å². The summed E-state index contributed by atoms with van der Waals surface area (Å²) in [4.78, 5) is 69.2. The minimum Gasteiger partial charge on any atom is -0.490 e. The number of benzene rings is 4. The molecule has 6 heterocycles. The zero-order valence-corrected chi connectivity index (χ0v) is 45.0. The molecule has 4 aliphatic rings. The molecule has 0 spiro atoms. The molecule has 3 aliphatic heterocycles. The second-order valence-electron chi connectivity index (χ2n) is 22.0. The van der Waals surface area contributed by atoms with Gasteiger partial charge in [0.05, 0.1) is 39.1 Å². The first-order valence-corrected chi connectivity index (χ1v) is 27.8. The van der Waals surface area contributed by atoms with Crippen LogP contribution in [-0.4, -0.2) is 99.3 Å². The van der Waals surface area contributed by atoms with E-state index in [1.165, 1.54) is 24.2 Å². The van der Waals surface area contributed by atoms with E-state index in [9.17, 15) is 19.2 Å². The van der Waals surface area contributed by atoms with Crippen molar-refractivity contribution in [2.45, 2.75) is 110 Å². The predicted octanol–water partition coefficient (Wildman–Crippen LogP) is 10.4. The van der Waals surface area contributed by atoms with E-state index in [1.807, 2.05) is 99.2 Å². The topological polar surface area (TPSA) is 164 Å². The third kappa shape index (κ3) is 10.9. The lowest BCUT2D eigenvalue weighted by molar-refractivity contribution is -0.134. The van der Waals surface area contributed by atoms with E-state index >= 15 is 0 Å². The van der Waals surface area contributed by atoms with Crippen LogP contribution in [0.25, 0.3) is 32.2 Å². The number of pyridine rings is 1. The SMILES string of the molecule is Cc1cc(O[C@H]2CC[C@H](CCCN3CCN(c4cccc5c(C6CCC(=O)NC6=O)nn(C)c45)CC3)CC2)ccc1-c1ccc(N2CCc3cccc(C(=O)Nc4nc5ccccc5s4)c3C2)nc1C(=O)OC(C)(C)C. The fourth-order valence-electron chi connectivity index (χ4n) is 11.8. The molecule has 11 rings (SSSR count). The molecular weight excluding hydrogens is 975 g/mol. The highest BCUT2D eigenvalue weighted by Crippen LogP contribution is 2.38.